The van der Waals surface area contributed by atoms with E-state index in [-0.39, 0.29) is 0 Å². The molecule has 16 heavy (non-hydrogen) atoms. The zero-order valence-corrected chi connectivity index (χ0v) is 9.87. The molecule has 1 aromatic heterocycles. The van der Waals surface area contributed by atoms with E-state index in [0.717, 1.165) is 45.1 Å². The van der Waals surface area contributed by atoms with Crippen LogP contribution in [0.2, 0.25) is 5.15 Å². The van der Waals surface area contributed by atoms with Crippen molar-refractivity contribution in [3.05, 3.63) is 17.3 Å². The zero-order valence-electron chi connectivity index (χ0n) is 9.12. The van der Waals surface area contributed by atoms with E-state index in [9.17, 15) is 0 Å². The molecule has 0 aromatic carbocycles. The lowest BCUT2D eigenvalue weighted by Gasteiger charge is -2.27. The van der Waals surface area contributed by atoms with Gasteiger partial charge in [-0.2, -0.15) is 0 Å². The summed E-state index contributed by atoms with van der Waals surface area (Å²) < 4.78 is 0. The van der Waals surface area contributed by atoms with Crippen molar-refractivity contribution in [2.24, 2.45) is 0 Å². The Bertz CT molecular complexity index is 309. The molecule has 0 unspecified atom stereocenters. The third kappa shape index (κ3) is 3.59. The van der Waals surface area contributed by atoms with Crippen LogP contribution in [0.4, 0.5) is 5.82 Å². The summed E-state index contributed by atoms with van der Waals surface area (Å²) in [4.78, 5) is 2.42. The van der Waals surface area contributed by atoms with Gasteiger partial charge in [0, 0.05) is 39.3 Å². The maximum atomic E-state index is 5.65. The molecule has 2 rings (SSSR count). The third-order valence-corrected chi connectivity index (χ3v) is 2.78. The van der Waals surface area contributed by atoms with Crippen molar-refractivity contribution >= 4 is 17.4 Å². The summed E-state index contributed by atoms with van der Waals surface area (Å²) in [6, 6.07) is 3.58. The molecule has 2 heterocycles. The number of halogens is 1. The van der Waals surface area contributed by atoms with Crippen molar-refractivity contribution in [3.63, 3.8) is 0 Å². The third-order valence-electron chi connectivity index (χ3n) is 2.58. The molecular formula is C10H16ClN5. The molecule has 0 bridgehead atoms. The summed E-state index contributed by atoms with van der Waals surface area (Å²) in [7, 11) is 0. The maximum Gasteiger partial charge on any atom is 0.151 e. The number of rotatable bonds is 4. The van der Waals surface area contributed by atoms with Crippen LogP contribution in [0.1, 0.15) is 0 Å². The molecule has 0 amide bonds. The van der Waals surface area contributed by atoms with Gasteiger partial charge in [-0.05, 0) is 12.1 Å². The topological polar surface area (TPSA) is 53.1 Å². The Morgan fingerprint density at radius 1 is 1.31 bits per heavy atom. The van der Waals surface area contributed by atoms with Gasteiger partial charge < -0.3 is 10.6 Å². The van der Waals surface area contributed by atoms with Gasteiger partial charge in [-0.1, -0.05) is 11.6 Å². The highest BCUT2D eigenvalue weighted by atomic mass is 35.5. The van der Waals surface area contributed by atoms with Crippen molar-refractivity contribution in [2.75, 3.05) is 44.6 Å². The summed E-state index contributed by atoms with van der Waals surface area (Å²) in [5.41, 5.74) is 0. The van der Waals surface area contributed by atoms with E-state index in [1.165, 1.54) is 0 Å². The number of nitrogens with zero attached hydrogens (tertiary/aromatic N) is 3. The molecular weight excluding hydrogens is 226 g/mol. The standard InChI is InChI=1S/C10H16ClN5/c11-9-1-2-10(15-14-9)13-5-8-16-6-3-12-4-7-16/h1-2,12H,3-8H2,(H,13,15). The Balaban J connectivity index is 1.69. The Kier molecular flexibility index (Phi) is 4.33. The SMILES string of the molecule is Clc1ccc(NCCN2CCNCC2)nn1. The lowest BCUT2D eigenvalue weighted by Crippen LogP contribution is -2.45. The van der Waals surface area contributed by atoms with E-state index in [1.807, 2.05) is 6.07 Å². The van der Waals surface area contributed by atoms with Crippen LogP contribution >= 0.6 is 11.6 Å². The van der Waals surface area contributed by atoms with Crippen molar-refractivity contribution in [3.8, 4) is 0 Å². The summed E-state index contributed by atoms with van der Waals surface area (Å²) in [5.74, 6) is 0.777. The van der Waals surface area contributed by atoms with Crippen LogP contribution in [0.15, 0.2) is 12.1 Å². The van der Waals surface area contributed by atoms with E-state index in [1.54, 1.807) is 6.07 Å². The van der Waals surface area contributed by atoms with Crippen molar-refractivity contribution in [1.29, 1.82) is 0 Å². The molecule has 0 aliphatic carbocycles. The average molecular weight is 242 g/mol. The second-order valence-electron chi connectivity index (χ2n) is 3.76. The fourth-order valence-corrected chi connectivity index (χ4v) is 1.79. The highest BCUT2D eigenvalue weighted by Crippen LogP contribution is 2.05. The summed E-state index contributed by atoms with van der Waals surface area (Å²) in [6.07, 6.45) is 0. The van der Waals surface area contributed by atoms with E-state index in [2.05, 4.69) is 25.7 Å². The first-order valence-electron chi connectivity index (χ1n) is 5.51. The normalized spacial score (nSPS) is 17.3. The van der Waals surface area contributed by atoms with Crippen LogP contribution in [-0.4, -0.2) is 54.4 Å². The summed E-state index contributed by atoms with van der Waals surface area (Å²) in [6.45, 7) is 6.33. The number of aromatic nitrogens is 2. The summed E-state index contributed by atoms with van der Waals surface area (Å²) >= 11 is 5.65. The van der Waals surface area contributed by atoms with E-state index >= 15 is 0 Å². The molecule has 6 heteroatoms. The van der Waals surface area contributed by atoms with Gasteiger partial charge in [-0.25, -0.2) is 0 Å². The van der Waals surface area contributed by atoms with Crippen LogP contribution in [-0.2, 0) is 0 Å². The van der Waals surface area contributed by atoms with Gasteiger partial charge in [-0.3, -0.25) is 4.90 Å². The first-order chi connectivity index (χ1) is 7.84. The molecule has 88 valence electrons. The number of hydrogen-bond donors (Lipinski definition) is 2. The largest absolute Gasteiger partial charge is 0.367 e. The molecule has 1 aliphatic rings. The van der Waals surface area contributed by atoms with Gasteiger partial charge in [0.05, 0.1) is 0 Å². The lowest BCUT2D eigenvalue weighted by molar-refractivity contribution is 0.249. The highest BCUT2D eigenvalue weighted by Gasteiger charge is 2.08. The van der Waals surface area contributed by atoms with Crippen LogP contribution in [0, 0.1) is 0 Å². The maximum absolute atomic E-state index is 5.65. The van der Waals surface area contributed by atoms with Crippen LogP contribution in [0.5, 0.6) is 0 Å². The van der Waals surface area contributed by atoms with Crippen LogP contribution < -0.4 is 10.6 Å². The van der Waals surface area contributed by atoms with Gasteiger partial charge >= 0.3 is 0 Å². The van der Waals surface area contributed by atoms with E-state index in [0.29, 0.717) is 5.15 Å². The molecule has 1 aliphatic heterocycles. The fraction of sp³-hybridized carbons (Fsp3) is 0.600. The zero-order chi connectivity index (χ0) is 11.2. The average Bonchev–Trinajstić information content (AvgIpc) is 2.33. The second-order valence-corrected chi connectivity index (χ2v) is 4.15. The van der Waals surface area contributed by atoms with Crippen molar-refractivity contribution < 1.29 is 0 Å². The Morgan fingerprint density at radius 2 is 2.12 bits per heavy atom. The molecule has 5 nitrogen and oxygen atoms in total. The smallest absolute Gasteiger partial charge is 0.151 e. The first kappa shape index (κ1) is 11.6. The quantitative estimate of drug-likeness (QED) is 0.802. The lowest BCUT2D eigenvalue weighted by atomic mass is 10.3. The fourth-order valence-electron chi connectivity index (χ4n) is 1.69. The van der Waals surface area contributed by atoms with E-state index in [4.69, 9.17) is 11.6 Å². The molecule has 2 N–H and O–H groups in total. The number of anilines is 1. The Hall–Kier alpha value is -0.910. The molecule has 1 fully saturated rings. The molecule has 0 radical (unpaired) electrons. The number of nitrogens with one attached hydrogen (secondary N) is 2. The monoisotopic (exact) mass is 241 g/mol. The predicted molar refractivity (Wildman–Crippen MR) is 64.8 cm³/mol. The first-order valence-corrected chi connectivity index (χ1v) is 5.88. The highest BCUT2D eigenvalue weighted by molar-refractivity contribution is 6.29. The molecule has 0 saturated carbocycles. The van der Waals surface area contributed by atoms with Gasteiger partial charge in [-0.15, -0.1) is 10.2 Å². The second kappa shape index (κ2) is 5.98. The van der Waals surface area contributed by atoms with Gasteiger partial charge in [0.2, 0.25) is 0 Å². The minimum absolute atomic E-state index is 0.424. The minimum atomic E-state index is 0.424. The number of hydrogen-bond acceptors (Lipinski definition) is 5. The van der Waals surface area contributed by atoms with Gasteiger partial charge in [0.1, 0.15) is 5.82 Å². The minimum Gasteiger partial charge on any atom is -0.367 e. The van der Waals surface area contributed by atoms with Crippen molar-refractivity contribution in [2.45, 2.75) is 0 Å². The van der Waals surface area contributed by atoms with Gasteiger partial charge in [0.25, 0.3) is 0 Å². The predicted octanol–water partition coefficient (Wildman–Crippen LogP) is 0.447. The summed E-state index contributed by atoms with van der Waals surface area (Å²) in [5, 5.41) is 14.7. The molecule has 0 spiro atoms. The van der Waals surface area contributed by atoms with E-state index < -0.39 is 0 Å². The van der Waals surface area contributed by atoms with Crippen LogP contribution in [0.3, 0.4) is 0 Å². The Morgan fingerprint density at radius 3 is 2.81 bits per heavy atom. The number of piperazine rings is 1. The van der Waals surface area contributed by atoms with Crippen LogP contribution in [0.25, 0.3) is 0 Å². The molecule has 0 atom stereocenters. The molecule has 1 saturated heterocycles. The van der Waals surface area contributed by atoms with Crippen molar-refractivity contribution in [1.82, 2.24) is 20.4 Å². The molecule has 1 aromatic rings. The Labute approximate surface area is 100 Å². The van der Waals surface area contributed by atoms with Gasteiger partial charge in [0.15, 0.2) is 5.15 Å².